The highest BCUT2D eigenvalue weighted by Crippen LogP contribution is 2.21. The summed E-state index contributed by atoms with van der Waals surface area (Å²) in [6.45, 7) is 12.9. The van der Waals surface area contributed by atoms with Gasteiger partial charge >= 0.3 is 0 Å². The van der Waals surface area contributed by atoms with Gasteiger partial charge in [-0.3, -0.25) is 0 Å². The van der Waals surface area contributed by atoms with Gasteiger partial charge in [-0.25, -0.2) is 0 Å². The predicted octanol–water partition coefficient (Wildman–Crippen LogP) is 2.89. The molecular formula is C14H30N2. The van der Waals surface area contributed by atoms with Gasteiger partial charge in [-0.1, -0.05) is 27.2 Å². The molecule has 0 bridgehead atoms. The largest absolute Gasteiger partial charge is 0.314 e. The molecule has 0 radical (unpaired) electrons. The fourth-order valence-corrected chi connectivity index (χ4v) is 2.88. The second kappa shape index (κ2) is 7.29. The molecule has 2 nitrogen and oxygen atoms in total. The van der Waals surface area contributed by atoms with Crippen LogP contribution in [0.15, 0.2) is 0 Å². The standard InChI is InChI=1S/C14H30N2/c1-5-15-13(4)10-14-8-6-7-9-16(14)11-12(2)3/h12-15H,5-11H2,1-4H3. The minimum Gasteiger partial charge on any atom is -0.314 e. The van der Waals surface area contributed by atoms with Crippen molar-refractivity contribution >= 4 is 0 Å². The molecule has 1 aliphatic heterocycles. The molecular weight excluding hydrogens is 196 g/mol. The van der Waals surface area contributed by atoms with Crippen molar-refractivity contribution in [2.45, 2.75) is 65.5 Å². The van der Waals surface area contributed by atoms with Crippen molar-refractivity contribution in [3.63, 3.8) is 0 Å². The van der Waals surface area contributed by atoms with E-state index in [2.05, 4.69) is 37.9 Å². The molecule has 1 heterocycles. The van der Waals surface area contributed by atoms with Crippen molar-refractivity contribution in [3.05, 3.63) is 0 Å². The summed E-state index contributed by atoms with van der Waals surface area (Å²) >= 11 is 0. The maximum atomic E-state index is 3.54. The summed E-state index contributed by atoms with van der Waals surface area (Å²) in [6, 6.07) is 1.49. The number of piperidine rings is 1. The third-order valence-electron chi connectivity index (χ3n) is 3.53. The normalized spacial score (nSPS) is 24.9. The summed E-state index contributed by atoms with van der Waals surface area (Å²) in [6.07, 6.45) is 5.56. The lowest BCUT2D eigenvalue weighted by molar-refractivity contribution is 0.117. The van der Waals surface area contributed by atoms with Gasteiger partial charge in [0.25, 0.3) is 0 Å². The Morgan fingerprint density at radius 2 is 2.00 bits per heavy atom. The lowest BCUT2D eigenvalue weighted by Crippen LogP contribution is -2.44. The maximum Gasteiger partial charge on any atom is 0.0110 e. The molecule has 1 N–H and O–H groups in total. The monoisotopic (exact) mass is 226 g/mol. The Bertz CT molecular complexity index is 180. The highest BCUT2D eigenvalue weighted by atomic mass is 15.2. The van der Waals surface area contributed by atoms with Crippen LogP contribution in [0.2, 0.25) is 0 Å². The topological polar surface area (TPSA) is 15.3 Å². The zero-order chi connectivity index (χ0) is 12.0. The van der Waals surface area contributed by atoms with Crippen molar-refractivity contribution < 1.29 is 0 Å². The van der Waals surface area contributed by atoms with Crippen LogP contribution in [0.5, 0.6) is 0 Å². The van der Waals surface area contributed by atoms with Gasteiger partial charge in [0, 0.05) is 18.6 Å². The summed E-state index contributed by atoms with van der Waals surface area (Å²) in [7, 11) is 0. The SMILES string of the molecule is CCNC(C)CC1CCCCN1CC(C)C. The van der Waals surface area contributed by atoms with E-state index in [0.29, 0.717) is 6.04 Å². The van der Waals surface area contributed by atoms with Crippen LogP contribution in [0.1, 0.15) is 53.4 Å². The zero-order valence-corrected chi connectivity index (χ0v) is 11.6. The first kappa shape index (κ1) is 14.0. The van der Waals surface area contributed by atoms with E-state index in [0.717, 1.165) is 18.5 Å². The second-order valence-corrected chi connectivity index (χ2v) is 5.73. The number of hydrogen-bond donors (Lipinski definition) is 1. The number of likely N-dealkylation sites (tertiary alicyclic amines) is 1. The first-order valence-electron chi connectivity index (χ1n) is 7.11. The fraction of sp³-hybridized carbons (Fsp3) is 1.00. The first-order valence-corrected chi connectivity index (χ1v) is 7.11. The highest BCUT2D eigenvalue weighted by molar-refractivity contribution is 4.80. The smallest absolute Gasteiger partial charge is 0.0110 e. The van der Waals surface area contributed by atoms with E-state index < -0.39 is 0 Å². The highest BCUT2D eigenvalue weighted by Gasteiger charge is 2.23. The molecule has 2 unspecified atom stereocenters. The van der Waals surface area contributed by atoms with Crippen LogP contribution in [-0.2, 0) is 0 Å². The summed E-state index contributed by atoms with van der Waals surface area (Å²) < 4.78 is 0. The van der Waals surface area contributed by atoms with Crippen molar-refractivity contribution in [3.8, 4) is 0 Å². The Morgan fingerprint density at radius 3 is 2.62 bits per heavy atom. The molecule has 0 aromatic heterocycles. The molecule has 0 amide bonds. The zero-order valence-electron chi connectivity index (χ0n) is 11.6. The third kappa shape index (κ3) is 4.84. The van der Waals surface area contributed by atoms with E-state index in [9.17, 15) is 0 Å². The fourth-order valence-electron chi connectivity index (χ4n) is 2.88. The van der Waals surface area contributed by atoms with E-state index in [1.165, 1.54) is 38.8 Å². The Kier molecular flexibility index (Phi) is 6.37. The molecule has 0 aromatic rings. The number of nitrogens with zero attached hydrogens (tertiary/aromatic N) is 1. The lowest BCUT2D eigenvalue weighted by Gasteiger charge is -2.38. The Hall–Kier alpha value is -0.0800. The van der Waals surface area contributed by atoms with Crippen LogP contribution in [-0.4, -0.2) is 36.6 Å². The summed E-state index contributed by atoms with van der Waals surface area (Å²) in [5, 5.41) is 3.54. The van der Waals surface area contributed by atoms with Crippen molar-refractivity contribution in [1.82, 2.24) is 10.2 Å². The minimum absolute atomic E-state index is 0.669. The van der Waals surface area contributed by atoms with Crippen LogP contribution in [0.4, 0.5) is 0 Å². The van der Waals surface area contributed by atoms with Gasteiger partial charge in [0.1, 0.15) is 0 Å². The van der Waals surface area contributed by atoms with Crippen LogP contribution in [0.3, 0.4) is 0 Å². The van der Waals surface area contributed by atoms with E-state index >= 15 is 0 Å². The van der Waals surface area contributed by atoms with Crippen LogP contribution < -0.4 is 5.32 Å². The molecule has 1 rings (SSSR count). The molecule has 2 atom stereocenters. The maximum absolute atomic E-state index is 3.54. The van der Waals surface area contributed by atoms with Gasteiger partial charge in [0.05, 0.1) is 0 Å². The number of hydrogen-bond acceptors (Lipinski definition) is 2. The van der Waals surface area contributed by atoms with Gasteiger partial charge < -0.3 is 10.2 Å². The Labute approximate surface area is 102 Å². The van der Waals surface area contributed by atoms with Crippen LogP contribution in [0, 0.1) is 5.92 Å². The quantitative estimate of drug-likeness (QED) is 0.749. The molecule has 1 fully saturated rings. The molecule has 0 spiro atoms. The van der Waals surface area contributed by atoms with Crippen LogP contribution >= 0.6 is 0 Å². The lowest BCUT2D eigenvalue weighted by atomic mass is 9.95. The molecule has 1 saturated heterocycles. The number of nitrogens with one attached hydrogen (secondary N) is 1. The van der Waals surface area contributed by atoms with E-state index in [4.69, 9.17) is 0 Å². The average Bonchev–Trinajstić information content (AvgIpc) is 2.20. The molecule has 0 saturated carbocycles. The first-order chi connectivity index (χ1) is 7.63. The summed E-state index contributed by atoms with van der Waals surface area (Å²) in [5.74, 6) is 0.801. The van der Waals surface area contributed by atoms with Gasteiger partial charge in [-0.15, -0.1) is 0 Å². The predicted molar refractivity (Wildman–Crippen MR) is 71.8 cm³/mol. The van der Waals surface area contributed by atoms with E-state index in [1.807, 2.05) is 0 Å². The molecule has 2 heteroatoms. The Morgan fingerprint density at radius 1 is 1.25 bits per heavy atom. The van der Waals surface area contributed by atoms with E-state index in [1.54, 1.807) is 0 Å². The summed E-state index contributed by atoms with van der Waals surface area (Å²) in [5.41, 5.74) is 0. The van der Waals surface area contributed by atoms with Crippen LogP contribution in [0.25, 0.3) is 0 Å². The van der Waals surface area contributed by atoms with Gasteiger partial charge in [-0.05, 0) is 45.2 Å². The van der Waals surface area contributed by atoms with Crippen molar-refractivity contribution in [2.75, 3.05) is 19.6 Å². The average molecular weight is 226 g/mol. The molecule has 96 valence electrons. The minimum atomic E-state index is 0.669. The molecule has 0 aromatic carbocycles. The van der Waals surface area contributed by atoms with Gasteiger partial charge in [0.15, 0.2) is 0 Å². The van der Waals surface area contributed by atoms with Gasteiger partial charge in [0.2, 0.25) is 0 Å². The number of rotatable bonds is 6. The molecule has 16 heavy (non-hydrogen) atoms. The molecule has 1 aliphatic rings. The second-order valence-electron chi connectivity index (χ2n) is 5.73. The Balaban J connectivity index is 2.40. The van der Waals surface area contributed by atoms with Crippen molar-refractivity contribution in [2.24, 2.45) is 5.92 Å². The van der Waals surface area contributed by atoms with Crippen molar-refractivity contribution in [1.29, 1.82) is 0 Å². The van der Waals surface area contributed by atoms with Gasteiger partial charge in [-0.2, -0.15) is 0 Å². The third-order valence-corrected chi connectivity index (χ3v) is 3.53. The summed E-state index contributed by atoms with van der Waals surface area (Å²) in [4.78, 5) is 2.72. The molecule has 0 aliphatic carbocycles. The van der Waals surface area contributed by atoms with E-state index in [-0.39, 0.29) is 0 Å².